The molecule has 2 aliphatic heterocycles. The van der Waals surface area contributed by atoms with Crippen molar-refractivity contribution in [3.8, 4) is 21.8 Å². The molecule has 0 spiro atoms. The summed E-state index contributed by atoms with van der Waals surface area (Å²) >= 11 is 1.41. The maximum absolute atomic E-state index is 14.1. The molecule has 0 aliphatic carbocycles. The highest BCUT2D eigenvalue weighted by atomic mass is 32.1. The van der Waals surface area contributed by atoms with Gasteiger partial charge in [-0.3, -0.25) is 19.3 Å². The van der Waals surface area contributed by atoms with Gasteiger partial charge in [-0.1, -0.05) is 23.4 Å². The second-order valence-corrected chi connectivity index (χ2v) is 13.1. The number of benzene rings is 2. The smallest absolute Gasteiger partial charge is 0.362 e. The average Bonchev–Trinajstić information content (AvgIpc) is 3.88. The zero-order chi connectivity index (χ0) is 33.1. The highest BCUT2D eigenvalue weighted by molar-refractivity contribution is 7.23. The SMILES string of the molecule is C[C@H](Nc1nccc2cc(-c3c4c(nc(CCc5ccc(F)cc5)c3-c3noc(=O)[nH]3)[C@@H]3CCCN3C4=O)sc12)c1ccc(F)c(F)c1. The van der Waals surface area contributed by atoms with Crippen molar-refractivity contribution in [3.05, 3.63) is 117 Å². The van der Waals surface area contributed by atoms with Crippen LogP contribution in [0, 0.1) is 17.5 Å². The standard InChI is InChI=1S/C35H27F3N6O3S/c1-17(19-7-10-22(37)23(38)15-19)40-33-31-20(12-13-39-33)16-26(48-31)28-27(32-42-35(46)47-43-32)24(11-6-18-4-8-21(36)9-5-18)41-30-25-3-2-14-44(25)34(45)29(28)30/h4-5,7-10,12-13,15-17,25H,2-3,6,11,14H2,1H3,(H,39,40)(H,42,43,46)/t17-,25-/m0/s1. The molecule has 0 saturated carbocycles. The van der Waals surface area contributed by atoms with E-state index in [-0.39, 0.29) is 23.6 Å². The Balaban J connectivity index is 1.29. The van der Waals surface area contributed by atoms with Crippen molar-refractivity contribution in [1.82, 2.24) is 25.0 Å². The van der Waals surface area contributed by atoms with Crippen molar-refractivity contribution in [2.75, 3.05) is 11.9 Å². The number of thiophene rings is 1. The number of pyridine rings is 2. The molecule has 2 N–H and O–H groups in total. The third-order valence-corrected chi connectivity index (χ3v) is 10.2. The number of H-pyrrole nitrogens is 1. The molecule has 9 nitrogen and oxygen atoms in total. The van der Waals surface area contributed by atoms with E-state index in [2.05, 4.69) is 20.4 Å². The van der Waals surface area contributed by atoms with Crippen molar-refractivity contribution in [1.29, 1.82) is 0 Å². The van der Waals surface area contributed by atoms with Crippen LogP contribution in [0.4, 0.5) is 19.0 Å². The van der Waals surface area contributed by atoms with Gasteiger partial charge in [0.25, 0.3) is 5.91 Å². The molecule has 8 rings (SSSR count). The first-order valence-electron chi connectivity index (χ1n) is 15.5. The molecule has 1 fully saturated rings. The minimum absolute atomic E-state index is 0.131. The lowest BCUT2D eigenvalue weighted by Crippen LogP contribution is -2.22. The molecule has 48 heavy (non-hydrogen) atoms. The zero-order valence-corrected chi connectivity index (χ0v) is 26.3. The van der Waals surface area contributed by atoms with Crippen LogP contribution >= 0.6 is 11.3 Å². The molecule has 13 heteroatoms. The first-order chi connectivity index (χ1) is 23.2. The summed E-state index contributed by atoms with van der Waals surface area (Å²) in [6, 6.07) is 13.3. The number of hydrogen-bond donors (Lipinski definition) is 2. The molecule has 2 aliphatic rings. The quantitative estimate of drug-likeness (QED) is 0.174. The predicted octanol–water partition coefficient (Wildman–Crippen LogP) is 7.37. The fourth-order valence-electron chi connectivity index (χ4n) is 6.74. The fraction of sp³-hybridized carbons (Fsp3) is 0.229. The largest absolute Gasteiger partial charge is 0.439 e. The molecule has 4 aromatic heterocycles. The van der Waals surface area contributed by atoms with Gasteiger partial charge in [0.2, 0.25) is 0 Å². The molecular formula is C35H27F3N6O3S. The van der Waals surface area contributed by atoms with E-state index >= 15 is 0 Å². The van der Waals surface area contributed by atoms with E-state index < -0.39 is 23.4 Å². The summed E-state index contributed by atoms with van der Waals surface area (Å²) in [5, 5.41) is 8.22. The normalized spacial score (nSPS) is 16.0. The maximum Gasteiger partial charge on any atom is 0.439 e. The van der Waals surface area contributed by atoms with Crippen LogP contribution in [0.15, 0.2) is 70.1 Å². The number of aromatic amines is 1. The number of aryl methyl sites for hydroxylation is 2. The summed E-state index contributed by atoms with van der Waals surface area (Å²) < 4.78 is 47.0. The number of carbonyl (C=O) groups excluding carboxylic acids is 1. The summed E-state index contributed by atoms with van der Waals surface area (Å²) in [4.78, 5) is 41.3. The van der Waals surface area contributed by atoms with E-state index in [0.717, 1.165) is 45.5 Å². The lowest BCUT2D eigenvalue weighted by atomic mass is 9.92. The van der Waals surface area contributed by atoms with Gasteiger partial charge in [-0.05, 0) is 85.5 Å². The monoisotopic (exact) mass is 668 g/mol. The number of nitrogens with zero attached hydrogens (tertiary/aromatic N) is 4. The Morgan fingerprint density at radius 1 is 1.02 bits per heavy atom. The Labute approximate surface area is 275 Å². The molecule has 0 bridgehead atoms. The molecular weight excluding hydrogens is 641 g/mol. The molecule has 1 amide bonds. The van der Waals surface area contributed by atoms with Crippen molar-refractivity contribution in [2.45, 2.75) is 44.7 Å². The van der Waals surface area contributed by atoms with Crippen LogP contribution in [0.1, 0.15) is 64.7 Å². The maximum atomic E-state index is 14.1. The molecule has 6 aromatic rings. The molecule has 6 heterocycles. The third-order valence-electron chi connectivity index (χ3n) is 9.06. The number of fused-ring (bicyclic) bond motifs is 4. The molecule has 0 unspecified atom stereocenters. The van der Waals surface area contributed by atoms with Gasteiger partial charge < -0.3 is 10.2 Å². The molecule has 0 radical (unpaired) electrons. The summed E-state index contributed by atoms with van der Waals surface area (Å²) in [6.45, 7) is 2.45. The topological polar surface area (TPSA) is 117 Å². The highest BCUT2D eigenvalue weighted by Gasteiger charge is 2.44. The van der Waals surface area contributed by atoms with Crippen LogP contribution in [-0.4, -0.2) is 37.5 Å². The van der Waals surface area contributed by atoms with Gasteiger partial charge in [-0.2, -0.15) is 0 Å². The summed E-state index contributed by atoms with van der Waals surface area (Å²) in [6.07, 6.45) is 4.25. The Hall–Kier alpha value is -5.30. The van der Waals surface area contributed by atoms with Crippen LogP contribution < -0.4 is 11.1 Å². The lowest BCUT2D eigenvalue weighted by molar-refractivity contribution is 0.0776. The summed E-state index contributed by atoms with van der Waals surface area (Å²) in [5.41, 5.74) is 4.31. The van der Waals surface area contributed by atoms with E-state index in [4.69, 9.17) is 9.51 Å². The first kappa shape index (κ1) is 30.1. The van der Waals surface area contributed by atoms with E-state index in [1.54, 1.807) is 18.3 Å². The Morgan fingerprint density at radius 2 is 1.85 bits per heavy atom. The molecule has 1 saturated heterocycles. The zero-order valence-electron chi connectivity index (χ0n) is 25.5. The van der Waals surface area contributed by atoms with Gasteiger partial charge in [-0.25, -0.2) is 22.9 Å². The van der Waals surface area contributed by atoms with Gasteiger partial charge >= 0.3 is 5.76 Å². The van der Waals surface area contributed by atoms with Crippen molar-refractivity contribution < 1.29 is 22.5 Å². The number of nitrogens with one attached hydrogen (secondary N) is 2. The van der Waals surface area contributed by atoms with Gasteiger partial charge in [0.05, 0.1) is 39.3 Å². The van der Waals surface area contributed by atoms with Crippen LogP contribution in [-0.2, 0) is 12.8 Å². The number of hydrogen-bond acceptors (Lipinski definition) is 8. The van der Waals surface area contributed by atoms with E-state index in [0.29, 0.717) is 58.8 Å². The summed E-state index contributed by atoms with van der Waals surface area (Å²) in [5.74, 6) is -2.37. The van der Waals surface area contributed by atoms with Crippen LogP contribution in [0.2, 0.25) is 0 Å². The number of rotatable bonds is 8. The van der Waals surface area contributed by atoms with Gasteiger partial charge in [0.1, 0.15) is 11.6 Å². The van der Waals surface area contributed by atoms with E-state index in [9.17, 15) is 22.8 Å². The summed E-state index contributed by atoms with van der Waals surface area (Å²) in [7, 11) is 0. The first-order valence-corrected chi connectivity index (χ1v) is 16.4. The second kappa shape index (κ2) is 11.7. The number of aromatic nitrogens is 4. The van der Waals surface area contributed by atoms with Crippen molar-refractivity contribution >= 4 is 33.1 Å². The van der Waals surface area contributed by atoms with Crippen LogP contribution in [0.3, 0.4) is 0 Å². The Morgan fingerprint density at radius 3 is 2.62 bits per heavy atom. The average molecular weight is 669 g/mol. The second-order valence-electron chi connectivity index (χ2n) is 12.0. The van der Waals surface area contributed by atoms with Crippen LogP contribution in [0.25, 0.3) is 31.9 Å². The predicted molar refractivity (Wildman–Crippen MR) is 174 cm³/mol. The highest BCUT2D eigenvalue weighted by Crippen LogP contribution is 2.50. The molecule has 2 atom stereocenters. The van der Waals surface area contributed by atoms with Crippen molar-refractivity contribution in [3.63, 3.8) is 0 Å². The number of halogens is 3. The number of carbonyl (C=O) groups is 1. The van der Waals surface area contributed by atoms with Crippen LogP contribution in [0.5, 0.6) is 0 Å². The molecule has 242 valence electrons. The minimum atomic E-state index is -0.934. The fourth-order valence-corrected chi connectivity index (χ4v) is 7.91. The Bertz CT molecular complexity index is 2280. The van der Waals surface area contributed by atoms with Crippen molar-refractivity contribution in [2.24, 2.45) is 0 Å². The lowest BCUT2D eigenvalue weighted by Gasteiger charge is -2.16. The van der Waals surface area contributed by atoms with Gasteiger partial charge in [0.15, 0.2) is 17.5 Å². The van der Waals surface area contributed by atoms with E-state index in [1.807, 2.05) is 24.0 Å². The Kier molecular flexibility index (Phi) is 7.35. The third kappa shape index (κ3) is 5.14. The van der Waals surface area contributed by atoms with Gasteiger partial charge in [0, 0.05) is 23.2 Å². The number of amides is 1. The van der Waals surface area contributed by atoms with Gasteiger partial charge in [-0.15, -0.1) is 11.3 Å². The van der Waals surface area contributed by atoms with E-state index in [1.165, 1.54) is 29.5 Å². The molecule has 2 aromatic carbocycles. The number of anilines is 1. The minimum Gasteiger partial charge on any atom is -0.362 e.